The van der Waals surface area contributed by atoms with E-state index in [2.05, 4.69) is 33.8 Å². The van der Waals surface area contributed by atoms with Crippen LogP contribution in [0.2, 0.25) is 0 Å². The Hall–Kier alpha value is -0.930. The summed E-state index contributed by atoms with van der Waals surface area (Å²) < 4.78 is 0. The van der Waals surface area contributed by atoms with Gasteiger partial charge in [0.1, 0.15) is 0 Å². The van der Waals surface area contributed by atoms with Gasteiger partial charge < -0.3 is 0 Å². The second kappa shape index (κ2) is 5.37. The molecule has 0 aromatic carbocycles. The van der Waals surface area contributed by atoms with E-state index in [0.717, 1.165) is 12.6 Å². The number of piperidine rings is 1. The highest BCUT2D eigenvalue weighted by atomic mass is 15.3. The van der Waals surface area contributed by atoms with E-state index in [1.165, 1.54) is 44.6 Å². The van der Waals surface area contributed by atoms with Crippen molar-refractivity contribution >= 4 is 0 Å². The Balaban J connectivity index is 1.65. The number of fused-ring (bicyclic) bond motifs is 1. The van der Waals surface area contributed by atoms with E-state index >= 15 is 0 Å². The van der Waals surface area contributed by atoms with Gasteiger partial charge in [0, 0.05) is 37.9 Å². The molecule has 2 saturated heterocycles. The lowest BCUT2D eigenvalue weighted by atomic mass is 9.97. The monoisotopic (exact) mass is 245 g/mol. The zero-order valence-corrected chi connectivity index (χ0v) is 11.3. The van der Waals surface area contributed by atoms with Crippen LogP contribution in [0.3, 0.4) is 0 Å². The Morgan fingerprint density at radius 2 is 2.22 bits per heavy atom. The molecule has 18 heavy (non-hydrogen) atoms. The van der Waals surface area contributed by atoms with E-state index in [4.69, 9.17) is 0 Å². The fraction of sp³-hybridized carbons (Fsp3) is 0.667. The summed E-state index contributed by atoms with van der Waals surface area (Å²) in [6.45, 7) is 7.13. The van der Waals surface area contributed by atoms with Crippen molar-refractivity contribution in [3.05, 3.63) is 30.1 Å². The molecule has 2 fully saturated rings. The molecule has 1 aromatic rings. The van der Waals surface area contributed by atoms with Crippen LogP contribution in [0.4, 0.5) is 0 Å². The lowest BCUT2D eigenvalue weighted by molar-refractivity contribution is 0.0105. The van der Waals surface area contributed by atoms with Crippen molar-refractivity contribution in [1.82, 2.24) is 14.8 Å². The van der Waals surface area contributed by atoms with Crippen LogP contribution in [0.1, 0.15) is 31.9 Å². The highest BCUT2D eigenvalue weighted by molar-refractivity contribution is 5.04. The SMILES string of the molecule is CC1CN2CCCCC2CN1Cc1ccccn1. The van der Waals surface area contributed by atoms with Crippen LogP contribution in [0.15, 0.2) is 24.4 Å². The maximum absolute atomic E-state index is 4.46. The van der Waals surface area contributed by atoms with Crippen molar-refractivity contribution in [3.8, 4) is 0 Å². The zero-order chi connectivity index (χ0) is 12.4. The van der Waals surface area contributed by atoms with E-state index < -0.39 is 0 Å². The van der Waals surface area contributed by atoms with Gasteiger partial charge in [0.15, 0.2) is 0 Å². The smallest absolute Gasteiger partial charge is 0.0544 e. The van der Waals surface area contributed by atoms with Crippen molar-refractivity contribution in [3.63, 3.8) is 0 Å². The lowest BCUT2D eigenvalue weighted by Crippen LogP contribution is -2.58. The average molecular weight is 245 g/mol. The number of rotatable bonds is 2. The minimum Gasteiger partial charge on any atom is -0.298 e. The van der Waals surface area contributed by atoms with Gasteiger partial charge >= 0.3 is 0 Å². The Kier molecular flexibility index (Phi) is 3.62. The first kappa shape index (κ1) is 12.1. The molecule has 0 N–H and O–H groups in total. The number of pyridine rings is 1. The molecular formula is C15H23N3. The highest BCUT2D eigenvalue weighted by Gasteiger charge is 2.32. The summed E-state index contributed by atoms with van der Waals surface area (Å²) in [4.78, 5) is 9.76. The molecule has 0 bridgehead atoms. The molecular weight excluding hydrogens is 222 g/mol. The van der Waals surface area contributed by atoms with E-state index in [1.54, 1.807) is 0 Å². The van der Waals surface area contributed by atoms with Crippen molar-refractivity contribution in [2.45, 2.75) is 44.8 Å². The van der Waals surface area contributed by atoms with Crippen LogP contribution in [0.5, 0.6) is 0 Å². The van der Waals surface area contributed by atoms with Gasteiger partial charge in [-0.05, 0) is 38.4 Å². The largest absolute Gasteiger partial charge is 0.298 e. The van der Waals surface area contributed by atoms with Crippen molar-refractivity contribution in [2.75, 3.05) is 19.6 Å². The van der Waals surface area contributed by atoms with E-state index in [1.807, 2.05) is 12.3 Å². The van der Waals surface area contributed by atoms with Crippen molar-refractivity contribution in [2.24, 2.45) is 0 Å². The number of piperazine rings is 1. The fourth-order valence-electron chi connectivity index (χ4n) is 3.33. The molecule has 98 valence electrons. The van der Waals surface area contributed by atoms with E-state index in [0.29, 0.717) is 6.04 Å². The maximum atomic E-state index is 4.46. The summed E-state index contributed by atoms with van der Waals surface area (Å²) >= 11 is 0. The van der Waals surface area contributed by atoms with Gasteiger partial charge in [0.25, 0.3) is 0 Å². The van der Waals surface area contributed by atoms with Gasteiger partial charge in [0.2, 0.25) is 0 Å². The molecule has 0 saturated carbocycles. The minimum atomic E-state index is 0.654. The molecule has 0 aliphatic carbocycles. The van der Waals surface area contributed by atoms with Crippen LogP contribution < -0.4 is 0 Å². The van der Waals surface area contributed by atoms with Crippen LogP contribution in [-0.4, -0.2) is 46.5 Å². The van der Waals surface area contributed by atoms with Crippen LogP contribution in [-0.2, 0) is 6.54 Å². The van der Waals surface area contributed by atoms with Gasteiger partial charge in [-0.15, -0.1) is 0 Å². The van der Waals surface area contributed by atoms with Crippen LogP contribution in [0, 0.1) is 0 Å². The van der Waals surface area contributed by atoms with Crippen LogP contribution >= 0.6 is 0 Å². The number of hydrogen-bond donors (Lipinski definition) is 0. The maximum Gasteiger partial charge on any atom is 0.0544 e. The third-order valence-electron chi connectivity index (χ3n) is 4.41. The predicted molar refractivity (Wildman–Crippen MR) is 73.3 cm³/mol. The molecule has 2 atom stereocenters. The number of hydrogen-bond acceptors (Lipinski definition) is 3. The first-order valence-corrected chi connectivity index (χ1v) is 7.21. The number of aromatic nitrogens is 1. The predicted octanol–water partition coefficient (Wildman–Crippen LogP) is 2.14. The molecule has 3 heterocycles. The van der Waals surface area contributed by atoms with Crippen molar-refractivity contribution < 1.29 is 0 Å². The summed E-state index contributed by atoms with van der Waals surface area (Å²) in [6.07, 6.45) is 6.08. The second-order valence-corrected chi connectivity index (χ2v) is 5.74. The molecule has 2 unspecified atom stereocenters. The van der Waals surface area contributed by atoms with E-state index in [9.17, 15) is 0 Å². The third-order valence-corrected chi connectivity index (χ3v) is 4.41. The molecule has 2 aliphatic rings. The van der Waals surface area contributed by atoms with Gasteiger partial charge in [0.05, 0.1) is 5.69 Å². The summed E-state index contributed by atoms with van der Waals surface area (Å²) in [5, 5.41) is 0. The molecule has 2 aliphatic heterocycles. The molecule has 3 nitrogen and oxygen atoms in total. The van der Waals surface area contributed by atoms with Crippen LogP contribution in [0.25, 0.3) is 0 Å². The lowest BCUT2D eigenvalue weighted by Gasteiger charge is -2.47. The van der Waals surface area contributed by atoms with Gasteiger partial charge in [-0.3, -0.25) is 14.8 Å². The Morgan fingerprint density at radius 3 is 3.06 bits per heavy atom. The summed E-state index contributed by atoms with van der Waals surface area (Å²) in [5.74, 6) is 0. The first-order chi connectivity index (χ1) is 8.83. The molecule has 3 heteroatoms. The molecule has 0 amide bonds. The molecule has 0 spiro atoms. The van der Waals surface area contributed by atoms with Gasteiger partial charge in [-0.25, -0.2) is 0 Å². The molecule has 3 rings (SSSR count). The molecule has 0 radical (unpaired) electrons. The quantitative estimate of drug-likeness (QED) is 0.796. The van der Waals surface area contributed by atoms with Gasteiger partial charge in [-0.1, -0.05) is 12.5 Å². The summed E-state index contributed by atoms with van der Waals surface area (Å²) in [5.41, 5.74) is 1.20. The number of nitrogens with zero attached hydrogens (tertiary/aromatic N) is 3. The summed E-state index contributed by atoms with van der Waals surface area (Å²) in [7, 11) is 0. The average Bonchev–Trinajstić information content (AvgIpc) is 2.41. The topological polar surface area (TPSA) is 19.4 Å². The molecule has 1 aromatic heterocycles. The van der Waals surface area contributed by atoms with Gasteiger partial charge in [-0.2, -0.15) is 0 Å². The Labute approximate surface area is 110 Å². The standard InChI is InChI=1S/C15H23N3/c1-13-10-17-9-5-3-7-15(17)12-18(13)11-14-6-2-4-8-16-14/h2,4,6,8,13,15H,3,5,7,9-12H2,1H3. The highest BCUT2D eigenvalue weighted by Crippen LogP contribution is 2.24. The Morgan fingerprint density at radius 1 is 1.28 bits per heavy atom. The Bertz CT molecular complexity index is 379. The third kappa shape index (κ3) is 2.57. The normalized spacial score (nSPS) is 30.1. The van der Waals surface area contributed by atoms with E-state index in [-0.39, 0.29) is 0 Å². The first-order valence-electron chi connectivity index (χ1n) is 7.21. The van der Waals surface area contributed by atoms with Crippen molar-refractivity contribution in [1.29, 1.82) is 0 Å². The second-order valence-electron chi connectivity index (χ2n) is 5.74. The zero-order valence-electron chi connectivity index (χ0n) is 11.3. The summed E-state index contributed by atoms with van der Waals surface area (Å²) in [6, 6.07) is 7.66. The minimum absolute atomic E-state index is 0.654. The fourth-order valence-corrected chi connectivity index (χ4v) is 3.33.